The summed E-state index contributed by atoms with van der Waals surface area (Å²) in [6, 6.07) is 0. The van der Waals surface area contributed by atoms with Crippen molar-refractivity contribution < 1.29 is 29.9 Å². The van der Waals surface area contributed by atoms with Crippen molar-refractivity contribution in [1.82, 2.24) is 5.32 Å². The molecule has 1 rings (SSSR count). The van der Waals surface area contributed by atoms with Crippen molar-refractivity contribution in [2.75, 3.05) is 13.2 Å². The highest BCUT2D eigenvalue weighted by Gasteiger charge is 2.43. The van der Waals surface area contributed by atoms with E-state index < -0.39 is 37.3 Å². The van der Waals surface area contributed by atoms with E-state index in [1.54, 1.807) is 0 Å². The third-order valence-corrected chi connectivity index (χ3v) is 3.87. The summed E-state index contributed by atoms with van der Waals surface area (Å²) < 4.78 is 10.6. The highest BCUT2D eigenvalue weighted by molar-refractivity contribution is 7.80. The number of rotatable bonds is 8. The molecule has 0 aromatic heterocycles. The lowest BCUT2D eigenvalue weighted by atomic mass is 9.98. The zero-order chi connectivity index (χ0) is 16.5. The number of thiocarbonyl (C=S) groups is 1. The molecule has 0 saturated carbocycles. The second kappa shape index (κ2) is 10.3. The fourth-order valence-electron chi connectivity index (χ4n) is 2.25. The first kappa shape index (κ1) is 19.5. The number of hydrogen-bond acceptors (Lipinski definition) is 7. The molecule has 0 radical (unpaired) electrons. The number of nitrogens with one attached hydrogen (secondary N) is 1. The summed E-state index contributed by atoms with van der Waals surface area (Å²) in [5.41, 5.74) is 0. The molecule has 5 N–H and O–H groups in total. The Morgan fingerprint density at radius 1 is 1.09 bits per heavy atom. The Balaban J connectivity index is 2.30. The van der Waals surface area contributed by atoms with Crippen LogP contribution in [0.5, 0.6) is 0 Å². The summed E-state index contributed by atoms with van der Waals surface area (Å²) in [4.78, 5) is 0. The molecule has 22 heavy (non-hydrogen) atoms. The lowest BCUT2D eigenvalue weighted by Gasteiger charge is -2.40. The van der Waals surface area contributed by atoms with Crippen molar-refractivity contribution >= 4 is 17.4 Å². The molecule has 130 valence electrons. The van der Waals surface area contributed by atoms with E-state index in [0.29, 0.717) is 6.61 Å². The number of aliphatic hydroxyl groups excluding tert-OH is 4. The number of aliphatic hydroxyl groups is 4. The quantitative estimate of drug-likeness (QED) is 0.302. The summed E-state index contributed by atoms with van der Waals surface area (Å²) in [5, 5.41) is 41.0. The Kier molecular flexibility index (Phi) is 9.15. The van der Waals surface area contributed by atoms with Crippen LogP contribution >= 0.6 is 12.2 Å². The van der Waals surface area contributed by atoms with Gasteiger partial charge in [-0.3, -0.25) is 0 Å². The van der Waals surface area contributed by atoms with Gasteiger partial charge in [-0.25, -0.2) is 0 Å². The van der Waals surface area contributed by atoms with Crippen LogP contribution in [0, 0.1) is 0 Å². The maximum atomic E-state index is 9.84. The number of ether oxygens (including phenoxy) is 2. The Hall–Kier alpha value is -0.510. The first-order chi connectivity index (χ1) is 10.5. The predicted molar refractivity (Wildman–Crippen MR) is 84.2 cm³/mol. The maximum absolute atomic E-state index is 9.84. The van der Waals surface area contributed by atoms with E-state index >= 15 is 0 Å². The van der Waals surface area contributed by atoms with E-state index in [1.165, 1.54) is 12.8 Å². The summed E-state index contributed by atoms with van der Waals surface area (Å²) in [6.07, 6.45) is -0.697. The fraction of sp³-hybridized carbons (Fsp3) is 0.929. The normalized spacial score (nSPS) is 31.8. The monoisotopic (exact) mass is 337 g/mol. The average Bonchev–Trinajstić information content (AvgIpc) is 2.51. The molecule has 0 unspecified atom stereocenters. The molecular weight excluding hydrogens is 310 g/mol. The summed E-state index contributed by atoms with van der Waals surface area (Å²) in [6.45, 7) is 2.14. The van der Waals surface area contributed by atoms with Gasteiger partial charge in [0.05, 0.1) is 13.2 Å². The summed E-state index contributed by atoms with van der Waals surface area (Å²) in [5.74, 6) is 0. The molecule has 1 saturated heterocycles. The Labute approximate surface area is 136 Å². The average molecular weight is 337 g/mol. The van der Waals surface area contributed by atoms with Gasteiger partial charge in [0.2, 0.25) is 0 Å². The largest absolute Gasteiger partial charge is 0.471 e. The van der Waals surface area contributed by atoms with Crippen molar-refractivity contribution in [3.05, 3.63) is 0 Å². The molecule has 7 nitrogen and oxygen atoms in total. The van der Waals surface area contributed by atoms with E-state index in [-0.39, 0.29) is 5.17 Å². The molecule has 8 heteroatoms. The fourth-order valence-corrected chi connectivity index (χ4v) is 2.45. The molecule has 0 aromatic carbocycles. The predicted octanol–water partition coefficient (Wildman–Crippen LogP) is -0.352. The van der Waals surface area contributed by atoms with Crippen molar-refractivity contribution in [1.29, 1.82) is 0 Å². The van der Waals surface area contributed by atoms with E-state index in [1.807, 2.05) is 0 Å². The Morgan fingerprint density at radius 2 is 1.77 bits per heavy atom. The van der Waals surface area contributed by atoms with Gasteiger partial charge in [-0.1, -0.05) is 32.6 Å². The second-order valence-electron chi connectivity index (χ2n) is 5.44. The third kappa shape index (κ3) is 5.94. The van der Waals surface area contributed by atoms with E-state index in [4.69, 9.17) is 26.8 Å². The van der Waals surface area contributed by atoms with Gasteiger partial charge in [0.25, 0.3) is 5.17 Å². The van der Waals surface area contributed by atoms with Gasteiger partial charge in [0, 0.05) is 0 Å². The van der Waals surface area contributed by atoms with Crippen molar-refractivity contribution in [2.24, 2.45) is 0 Å². The van der Waals surface area contributed by atoms with Gasteiger partial charge in [-0.05, 0) is 18.6 Å². The Morgan fingerprint density at radius 3 is 2.41 bits per heavy atom. The lowest BCUT2D eigenvalue weighted by Crippen LogP contribution is -2.63. The molecular formula is C14H27NO6S. The van der Waals surface area contributed by atoms with Gasteiger partial charge >= 0.3 is 0 Å². The van der Waals surface area contributed by atoms with Crippen LogP contribution in [-0.2, 0) is 9.47 Å². The van der Waals surface area contributed by atoms with Gasteiger partial charge in [-0.2, -0.15) is 0 Å². The van der Waals surface area contributed by atoms with Crippen LogP contribution < -0.4 is 5.32 Å². The van der Waals surface area contributed by atoms with Crippen LogP contribution in [0.1, 0.15) is 39.0 Å². The van der Waals surface area contributed by atoms with Crippen LogP contribution in [0.2, 0.25) is 0 Å². The Bertz CT molecular complexity index is 330. The number of unbranched alkanes of at least 4 members (excludes halogenated alkanes) is 4. The highest BCUT2D eigenvalue weighted by Crippen LogP contribution is 2.19. The van der Waals surface area contributed by atoms with E-state index in [0.717, 1.165) is 19.3 Å². The van der Waals surface area contributed by atoms with Crippen LogP contribution in [0.3, 0.4) is 0 Å². The molecule has 1 fully saturated rings. The topological polar surface area (TPSA) is 111 Å². The van der Waals surface area contributed by atoms with E-state index in [9.17, 15) is 15.3 Å². The maximum Gasteiger partial charge on any atom is 0.258 e. The van der Waals surface area contributed by atoms with Crippen molar-refractivity contribution in [3.8, 4) is 0 Å². The minimum absolute atomic E-state index is 0.0554. The second-order valence-corrected chi connectivity index (χ2v) is 5.81. The molecule has 1 aliphatic heterocycles. The first-order valence-corrected chi connectivity index (χ1v) is 8.15. The smallest absolute Gasteiger partial charge is 0.258 e. The third-order valence-electron chi connectivity index (χ3n) is 3.63. The zero-order valence-corrected chi connectivity index (χ0v) is 13.7. The molecule has 0 bridgehead atoms. The van der Waals surface area contributed by atoms with Crippen LogP contribution in [0.4, 0.5) is 0 Å². The van der Waals surface area contributed by atoms with Crippen LogP contribution in [-0.4, -0.2) is 69.5 Å². The molecule has 0 aliphatic carbocycles. The minimum atomic E-state index is -1.43. The van der Waals surface area contributed by atoms with Gasteiger partial charge in [0.1, 0.15) is 24.4 Å². The van der Waals surface area contributed by atoms with E-state index in [2.05, 4.69) is 12.2 Å². The molecule has 1 heterocycles. The van der Waals surface area contributed by atoms with Gasteiger partial charge in [0.15, 0.2) is 6.23 Å². The molecule has 1 aliphatic rings. The zero-order valence-electron chi connectivity index (χ0n) is 12.9. The van der Waals surface area contributed by atoms with Crippen LogP contribution in [0.15, 0.2) is 0 Å². The van der Waals surface area contributed by atoms with Crippen molar-refractivity contribution in [3.63, 3.8) is 0 Å². The van der Waals surface area contributed by atoms with Crippen LogP contribution in [0.25, 0.3) is 0 Å². The summed E-state index contributed by atoms with van der Waals surface area (Å²) >= 11 is 5.00. The molecule has 0 aromatic rings. The minimum Gasteiger partial charge on any atom is -0.471 e. The van der Waals surface area contributed by atoms with Crippen molar-refractivity contribution in [2.45, 2.75) is 69.7 Å². The molecule has 0 amide bonds. The lowest BCUT2D eigenvalue weighted by molar-refractivity contribution is -0.233. The standard InChI is InChI=1S/C14H27NO6S/c1-2-3-4-5-6-7-20-14(22)15-13-12(19)11(18)10(17)9(8-16)21-13/h9-13,16-19H,2-8H2,1H3,(H,15,22)/t9-,10+,11+,12-,13-/m1/s1. The summed E-state index contributed by atoms with van der Waals surface area (Å²) in [7, 11) is 0. The first-order valence-electron chi connectivity index (χ1n) is 7.75. The molecule has 0 spiro atoms. The molecule has 5 atom stereocenters. The number of hydrogen-bond donors (Lipinski definition) is 5. The highest BCUT2D eigenvalue weighted by atomic mass is 32.1. The van der Waals surface area contributed by atoms with Gasteiger partial charge < -0.3 is 35.2 Å². The van der Waals surface area contributed by atoms with Gasteiger partial charge in [-0.15, -0.1) is 0 Å². The SMILES string of the molecule is CCCCCCCOC(=S)N[C@@H]1O[C@H](CO)[C@H](O)[C@H](O)[C@H]1O.